The van der Waals surface area contributed by atoms with Crippen molar-refractivity contribution in [1.29, 1.82) is 0 Å². The highest BCUT2D eigenvalue weighted by molar-refractivity contribution is 6.71. The zero-order valence-corrected chi connectivity index (χ0v) is 30.9. The molecule has 11 heteroatoms. The quantitative estimate of drug-likeness (QED) is 0.192. The predicted octanol–water partition coefficient (Wildman–Crippen LogP) is 5.63. The van der Waals surface area contributed by atoms with Gasteiger partial charge < -0.3 is 34.5 Å². The SMILES string of the molecule is COc1ccc(C(=O)Nc2ccc(CN3C(=O)[C@@]4(O[C@@H](CC(=O)N5Cc6ccccc6C[C@H]5CO)[C@H]([Si](C)(C)O)[C@H]4C)c4ccccc43)cc2)cc1. The maximum absolute atomic E-state index is 14.8. The molecule has 7 rings (SSSR count). The second kappa shape index (κ2) is 14.0. The average Bonchev–Trinajstić information content (AvgIpc) is 3.57. The van der Waals surface area contributed by atoms with E-state index in [1.165, 1.54) is 0 Å². The Kier molecular flexibility index (Phi) is 9.55. The Hall–Kier alpha value is -4.81. The van der Waals surface area contributed by atoms with Crippen molar-refractivity contribution in [3.05, 3.63) is 125 Å². The molecule has 1 saturated heterocycles. The number of carbonyl (C=O) groups excluding carboxylic acids is 3. The number of methoxy groups -OCH3 is 1. The fraction of sp³-hybridized carbons (Fsp3) is 0.341. The summed E-state index contributed by atoms with van der Waals surface area (Å²) in [7, 11) is -1.42. The fourth-order valence-corrected chi connectivity index (χ4v) is 11.1. The third kappa shape index (κ3) is 6.32. The van der Waals surface area contributed by atoms with Gasteiger partial charge in [0.05, 0.1) is 44.5 Å². The first kappa shape index (κ1) is 35.6. The number of amides is 3. The van der Waals surface area contributed by atoms with Gasteiger partial charge in [0.25, 0.3) is 11.8 Å². The van der Waals surface area contributed by atoms with Crippen molar-refractivity contribution >= 4 is 37.4 Å². The van der Waals surface area contributed by atoms with Crippen molar-refractivity contribution in [2.24, 2.45) is 5.92 Å². The zero-order valence-electron chi connectivity index (χ0n) is 29.9. The Labute approximate surface area is 305 Å². The Morgan fingerprint density at radius 3 is 2.31 bits per heavy atom. The molecule has 3 N–H and O–H groups in total. The highest BCUT2D eigenvalue weighted by atomic mass is 28.4. The summed E-state index contributed by atoms with van der Waals surface area (Å²) in [6, 6.07) is 29.5. The van der Waals surface area contributed by atoms with E-state index in [-0.39, 0.29) is 43.3 Å². The molecule has 52 heavy (non-hydrogen) atoms. The van der Waals surface area contributed by atoms with Gasteiger partial charge in [-0.15, -0.1) is 0 Å². The Morgan fingerprint density at radius 1 is 0.962 bits per heavy atom. The summed E-state index contributed by atoms with van der Waals surface area (Å²) >= 11 is 0. The lowest BCUT2D eigenvalue weighted by Gasteiger charge is -2.37. The minimum absolute atomic E-state index is 0.00836. The number of anilines is 2. The van der Waals surface area contributed by atoms with Crippen LogP contribution in [0.4, 0.5) is 11.4 Å². The van der Waals surface area contributed by atoms with Crippen LogP contribution in [-0.2, 0) is 39.4 Å². The van der Waals surface area contributed by atoms with Gasteiger partial charge in [0, 0.05) is 34.8 Å². The highest BCUT2D eigenvalue weighted by Gasteiger charge is 2.66. The van der Waals surface area contributed by atoms with Crippen LogP contribution in [0.25, 0.3) is 0 Å². The molecule has 0 radical (unpaired) electrons. The van der Waals surface area contributed by atoms with Crippen LogP contribution >= 0.6 is 0 Å². The van der Waals surface area contributed by atoms with Gasteiger partial charge in [-0.2, -0.15) is 0 Å². The molecule has 3 heterocycles. The summed E-state index contributed by atoms with van der Waals surface area (Å²) < 4.78 is 12.1. The van der Waals surface area contributed by atoms with E-state index in [9.17, 15) is 24.3 Å². The summed E-state index contributed by atoms with van der Waals surface area (Å²) in [6.07, 6.45) is -0.146. The lowest BCUT2D eigenvalue weighted by atomic mass is 9.82. The lowest BCUT2D eigenvalue weighted by Crippen LogP contribution is -2.48. The first-order valence-electron chi connectivity index (χ1n) is 17.8. The van der Waals surface area contributed by atoms with Gasteiger partial charge >= 0.3 is 0 Å². The number of hydrogen-bond acceptors (Lipinski definition) is 7. The van der Waals surface area contributed by atoms with Crippen LogP contribution in [0.5, 0.6) is 5.75 Å². The minimum Gasteiger partial charge on any atom is -0.497 e. The van der Waals surface area contributed by atoms with E-state index >= 15 is 0 Å². The molecular weight excluding hydrogens is 675 g/mol. The zero-order chi connectivity index (χ0) is 36.8. The maximum Gasteiger partial charge on any atom is 0.264 e. The van der Waals surface area contributed by atoms with E-state index in [0.29, 0.717) is 30.0 Å². The molecule has 1 fully saturated rings. The number of aliphatic hydroxyl groups excluding tert-OH is 1. The van der Waals surface area contributed by atoms with Gasteiger partial charge in [-0.3, -0.25) is 14.4 Å². The first-order valence-corrected chi connectivity index (χ1v) is 20.8. The summed E-state index contributed by atoms with van der Waals surface area (Å²) in [4.78, 5) is 56.9. The van der Waals surface area contributed by atoms with E-state index in [1.54, 1.807) is 41.2 Å². The molecule has 4 aromatic rings. The Bertz CT molecular complexity index is 1980. The number of fused-ring (bicyclic) bond motifs is 3. The number of rotatable bonds is 9. The molecule has 5 atom stereocenters. The number of hydrogen-bond donors (Lipinski definition) is 3. The van der Waals surface area contributed by atoms with Gasteiger partial charge in [0.2, 0.25) is 5.91 Å². The van der Waals surface area contributed by atoms with Crippen LogP contribution in [0.15, 0.2) is 97.1 Å². The van der Waals surface area contributed by atoms with E-state index in [4.69, 9.17) is 9.47 Å². The minimum atomic E-state index is -3.00. The van der Waals surface area contributed by atoms with Crippen molar-refractivity contribution in [3.63, 3.8) is 0 Å². The number of carbonyl (C=O) groups is 3. The molecule has 10 nitrogen and oxygen atoms in total. The van der Waals surface area contributed by atoms with Crippen molar-refractivity contribution in [2.45, 2.75) is 69.2 Å². The Balaban J connectivity index is 1.12. The monoisotopic (exact) mass is 719 g/mol. The normalized spacial score (nSPS) is 23.8. The largest absolute Gasteiger partial charge is 0.497 e. The average molecular weight is 720 g/mol. The van der Waals surface area contributed by atoms with Gasteiger partial charge in [-0.05, 0) is 78.7 Å². The standard InChI is InChI=1S/C41H45N3O7Si/c1-26-38(52(3,4)49)36(22-37(46)43-24-30-10-6-5-9-29(30)21-32(43)25-45)51-41(26)34-11-7-8-12-35(34)44(40(41)48)23-27-13-17-31(18-14-27)42-39(47)28-15-19-33(50-2)20-16-28/h5-20,26,32,36,38,45,49H,21-25H2,1-4H3,(H,42,47)/t26-,32+,36+,38-,41+/m1/s1. The molecule has 0 bridgehead atoms. The predicted molar refractivity (Wildman–Crippen MR) is 200 cm³/mol. The fourth-order valence-electron chi connectivity index (χ4n) is 8.54. The lowest BCUT2D eigenvalue weighted by molar-refractivity contribution is -0.151. The topological polar surface area (TPSA) is 129 Å². The van der Waals surface area contributed by atoms with Gasteiger partial charge in [0.15, 0.2) is 13.9 Å². The molecule has 1 spiro atoms. The van der Waals surface area contributed by atoms with Gasteiger partial charge in [-0.25, -0.2) is 0 Å². The molecule has 0 aromatic heterocycles. The van der Waals surface area contributed by atoms with Gasteiger partial charge in [0.1, 0.15) is 5.75 Å². The van der Waals surface area contributed by atoms with Crippen LogP contribution in [0.1, 0.15) is 46.0 Å². The number of para-hydroxylation sites is 1. The van der Waals surface area contributed by atoms with Crippen LogP contribution in [0.3, 0.4) is 0 Å². The molecule has 4 aromatic carbocycles. The summed E-state index contributed by atoms with van der Waals surface area (Å²) in [5, 5.41) is 13.2. The van der Waals surface area contributed by atoms with Crippen LogP contribution in [0.2, 0.25) is 18.6 Å². The van der Waals surface area contributed by atoms with Gasteiger partial charge in [-0.1, -0.05) is 61.5 Å². The molecule has 270 valence electrons. The number of nitrogens with one attached hydrogen (secondary N) is 1. The molecular formula is C41H45N3O7Si. The van der Waals surface area contributed by atoms with E-state index < -0.39 is 31.5 Å². The third-order valence-electron chi connectivity index (χ3n) is 11.1. The molecule has 3 amide bonds. The summed E-state index contributed by atoms with van der Waals surface area (Å²) in [6.45, 7) is 6.15. The number of aliphatic hydroxyl groups is 1. The van der Waals surface area contributed by atoms with Crippen LogP contribution in [-0.4, -0.2) is 66.7 Å². The maximum atomic E-state index is 14.8. The molecule has 0 saturated carbocycles. The number of nitrogens with zero attached hydrogens (tertiary/aromatic N) is 2. The number of ether oxygens (including phenoxy) is 2. The summed E-state index contributed by atoms with van der Waals surface area (Å²) in [5.74, 6) is -0.387. The molecule has 0 unspecified atom stereocenters. The van der Waals surface area contributed by atoms with Crippen molar-refractivity contribution < 1.29 is 33.8 Å². The third-order valence-corrected chi connectivity index (χ3v) is 13.6. The highest BCUT2D eigenvalue weighted by Crippen LogP contribution is 2.59. The summed E-state index contributed by atoms with van der Waals surface area (Å²) in [5.41, 5.74) is 3.82. The Morgan fingerprint density at radius 2 is 1.63 bits per heavy atom. The smallest absolute Gasteiger partial charge is 0.264 e. The number of benzene rings is 4. The molecule has 3 aliphatic heterocycles. The van der Waals surface area contributed by atoms with Crippen LogP contribution in [0, 0.1) is 5.92 Å². The van der Waals surface area contributed by atoms with E-state index in [0.717, 1.165) is 27.9 Å². The van der Waals surface area contributed by atoms with Crippen molar-refractivity contribution in [1.82, 2.24) is 4.90 Å². The second-order valence-electron chi connectivity index (χ2n) is 14.7. The van der Waals surface area contributed by atoms with Crippen molar-refractivity contribution in [2.75, 3.05) is 23.9 Å². The van der Waals surface area contributed by atoms with Crippen molar-refractivity contribution in [3.8, 4) is 5.75 Å². The first-order chi connectivity index (χ1) is 24.9. The molecule has 0 aliphatic carbocycles. The van der Waals surface area contributed by atoms with E-state index in [2.05, 4.69) is 5.32 Å². The van der Waals surface area contributed by atoms with E-state index in [1.807, 2.05) is 92.8 Å². The van der Waals surface area contributed by atoms with Crippen LogP contribution < -0.4 is 15.0 Å². The molecule has 3 aliphatic rings. The second-order valence-corrected chi connectivity index (χ2v) is 18.7.